The number of carbonyl (C=O) groups is 1. The summed E-state index contributed by atoms with van der Waals surface area (Å²) >= 11 is 0. The van der Waals surface area contributed by atoms with Crippen molar-refractivity contribution in [2.75, 3.05) is 20.3 Å². The van der Waals surface area contributed by atoms with Gasteiger partial charge in [0.05, 0.1) is 37.4 Å². The molecule has 208 valence electrons. The maximum Gasteiger partial charge on any atom is 0.407 e. The summed E-state index contributed by atoms with van der Waals surface area (Å²) in [6, 6.07) is 14.3. The van der Waals surface area contributed by atoms with Crippen LogP contribution < -0.4 is 14.8 Å². The van der Waals surface area contributed by atoms with E-state index in [0.717, 1.165) is 31.2 Å². The van der Waals surface area contributed by atoms with Crippen LogP contribution in [-0.2, 0) is 30.7 Å². The summed E-state index contributed by atoms with van der Waals surface area (Å²) in [5.74, 6) is 0.515. The van der Waals surface area contributed by atoms with E-state index in [4.69, 9.17) is 18.9 Å². The monoisotopic (exact) mass is 548 g/mol. The highest BCUT2D eigenvalue weighted by molar-refractivity contribution is 7.89. The first kappa shape index (κ1) is 28.3. The quantitative estimate of drug-likeness (QED) is 0.345. The molecule has 1 aliphatic heterocycles. The summed E-state index contributed by atoms with van der Waals surface area (Å²) in [5, 5.41) is 14.3. The van der Waals surface area contributed by atoms with Gasteiger partial charge in [-0.2, -0.15) is 4.72 Å². The van der Waals surface area contributed by atoms with Gasteiger partial charge in [0.15, 0.2) is 0 Å². The zero-order valence-corrected chi connectivity index (χ0v) is 22.3. The molecule has 2 fully saturated rings. The van der Waals surface area contributed by atoms with E-state index in [0.29, 0.717) is 25.4 Å². The third kappa shape index (κ3) is 7.90. The summed E-state index contributed by atoms with van der Waals surface area (Å²) in [6.45, 7) is 0.826. The van der Waals surface area contributed by atoms with E-state index < -0.39 is 34.5 Å². The molecule has 0 aromatic heterocycles. The molecule has 1 amide bonds. The van der Waals surface area contributed by atoms with Gasteiger partial charge < -0.3 is 29.4 Å². The van der Waals surface area contributed by atoms with Crippen LogP contribution in [0.25, 0.3) is 0 Å². The Morgan fingerprint density at radius 3 is 2.39 bits per heavy atom. The van der Waals surface area contributed by atoms with Crippen molar-refractivity contribution in [2.24, 2.45) is 0 Å². The van der Waals surface area contributed by atoms with Crippen molar-refractivity contribution in [3.63, 3.8) is 0 Å². The number of hydrogen-bond donors (Lipinski definition) is 3. The molecule has 0 radical (unpaired) electrons. The average molecular weight is 549 g/mol. The first-order valence-corrected chi connectivity index (χ1v) is 14.4. The average Bonchev–Trinajstić information content (AvgIpc) is 3.62. The first-order valence-electron chi connectivity index (χ1n) is 12.9. The van der Waals surface area contributed by atoms with Crippen molar-refractivity contribution in [2.45, 2.75) is 74.0 Å². The molecule has 1 aliphatic carbocycles. The first-order chi connectivity index (χ1) is 18.3. The SMILES string of the molecule is COc1ccc(S(=O)(=O)NC(OC2CCCC2)[C@H](O)[C@H](Cc2ccccc2)NC(=O)OC2CCOC2)cc1. The molecule has 2 unspecified atom stereocenters. The molecule has 4 atom stereocenters. The van der Waals surface area contributed by atoms with Crippen LogP contribution in [0.1, 0.15) is 37.7 Å². The van der Waals surface area contributed by atoms with Gasteiger partial charge in [-0.3, -0.25) is 0 Å². The molecule has 38 heavy (non-hydrogen) atoms. The summed E-state index contributed by atoms with van der Waals surface area (Å²) in [4.78, 5) is 12.7. The Kier molecular flexibility index (Phi) is 9.97. The predicted molar refractivity (Wildman–Crippen MR) is 139 cm³/mol. The summed E-state index contributed by atoms with van der Waals surface area (Å²) in [5.41, 5.74) is 0.846. The molecule has 0 spiro atoms. The van der Waals surface area contributed by atoms with Gasteiger partial charge in [0.2, 0.25) is 10.0 Å². The molecule has 2 aromatic carbocycles. The number of hydrogen-bond acceptors (Lipinski definition) is 8. The van der Waals surface area contributed by atoms with Crippen LogP contribution in [0.5, 0.6) is 5.75 Å². The third-order valence-electron chi connectivity index (χ3n) is 6.77. The van der Waals surface area contributed by atoms with E-state index in [1.54, 1.807) is 12.1 Å². The molecular weight excluding hydrogens is 512 g/mol. The second-order valence-electron chi connectivity index (χ2n) is 9.58. The largest absolute Gasteiger partial charge is 0.497 e. The highest BCUT2D eigenvalue weighted by Gasteiger charge is 2.36. The van der Waals surface area contributed by atoms with Crippen molar-refractivity contribution >= 4 is 16.1 Å². The Balaban J connectivity index is 1.56. The Morgan fingerprint density at radius 1 is 1.05 bits per heavy atom. The Hall–Kier alpha value is -2.70. The van der Waals surface area contributed by atoms with E-state index in [1.165, 1.54) is 19.2 Å². The summed E-state index contributed by atoms with van der Waals surface area (Å²) in [7, 11) is -2.58. The second kappa shape index (κ2) is 13.4. The number of sulfonamides is 1. The fourth-order valence-electron chi connectivity index (χ4n) is 4.66. The van der Waals surface area contributed by atoms with Crippen molar-refractivity contribution in [3.05, 3.63) is 60.2 Å². The summed E-state index contributed by atoms with van der Waals surface area (Å²) in [6.07, 6.45) is 0.226. The van der Waals surface area contributed by atoms with Crippen molar-refractivity contribution in [1.29, 1.82) is 0 Å². The van der Waals surface area contributed by atoms with E-state index in [-0.39, 0.29) is 23.5 Å². The van der Waals surface area contributed by atoms with Crippen LogP contribution in [-0.4, -0.2) is 70.5 Å². The van der Waals surface area contributed by atoms with Crippen molar-refractivity contribution in [3.8, 4) is 5.75 Å². The van der Waals surface area contributed by atoms with E-state index in [2.05, 4.69) is 10.0 Å². The number of benzene rings is 2. The molecular formula is C27H36N2O8S. The van der Waals surface area contributed by atoms with Crippen molar-refractivity contribution in [1.82, 2.24) is 10.0 Å². The maximum atomic E-state index is 13.3. The second-order valence-corrected chi connectivity index (χ2v) is 11.3. The molecule has 3 N–H and O–H groups in total. The zero-order valence-electron chi connectivity index (χ0n) is 21.5. The number of nitrogens with one attached hydrogen (secondary N) is 2. The third-order valence-corrected chi connectivity index (χ3v) is 8.20. The molecule has 10 nitrogen and oxygen atoms in total. The molecule has 11 heteroatoms. The van der Waals surface area contributed by atoms with Crippen molar-refractivity contribution < 1.29 is 37.3 Å². The smallest absolute Gasteiger partial charge is 0.407 e. The number of alkyl carbamates (subject to hydrolysis) is 1. The van der Waals surface area contributed by atoms with Gasteiger partial charge >= 0.3 is 6.09 Å². The molecule has 4 rings (SSSR count). The lowest BCUT2D eigenvalue weighted by atomic mass is 10.0. The van der Waals surface area contributed by atoms with Crippen LogP contribution in [0.15, 0.2) is 59.5 Å². The van der Waals surface area contributed by atoms with Crippen LogP contribution in [0.4, 0.5) is 4.79 Å². The normalized spacial score (nSPS) is 20.5. The molecule has 1 heterocycles. The molecule has 1 saturated carbocycles. The van der Waals surface area contributed by atoms with Gasteiger partial charge in [0.25, 0.3) is 0 Å². The van der Waals surface area contributed by atoms with E-state index in [9.17, 15) is 18.3 Å². The minimum absolute atomic E-state index is 0.00117. The lowest BCUT2D eigenvalue weighted by Gasteiger charge is -2.32. The van der Waals surface area contributed by atoms with Crippen LogP contribution >= 0.6 is 0 Å². The number of carbonyl (C=O) groups excluding carboxylic acids is 1. The van der Waals surface area contributed by atoms with Crippen LogP contribution in [0.2, 0.25) is 0 Å². The highest BCUT2D eigenvalue weighted by atomic mass is 32.2. The van der Waals surface area contributed by atoms with Gasteiger partial charge in [0.1, 0.15) is 24.2 Å². The van der Waals surface area contributed by atoms with Crippen LogP contribution in [0.3, 0.4) is 0 Å². The molecule has 2 aliphatic rings. The topological polar surface area (TPSA) is 132 Å². The fourth-order valence-corrected chi connectivity index (χ4v) is 5.80. The summed E-state index contributed by atoms with van der Waals surface area (Å²) < 4.78 is 51.1. The van der Waals surface area contributed by atoms with E-state index >= 15 is 0 Å². The van der Waals surface area contributed by atoms with Gasteiger partial charge in [-0.15, -0.1) is 0 Å². The number of ether oxygens (including phenoxy) is 4. The molecule has 1 saturated heterocycles. The van der Waals surface area contributed by atoms with Gasteiger partial charge in [0, 0.05) is 6.42 Å². The maximum absolute atomic E-state index is 13.3. The Labute approximate surface area is 223 Å². The lowest BCUT2D eigenvalue weighted by molar-refractivity contribution is -0.0901. The zero-order chi connectivity index (χ0) is 27.0. The number of aliphatic hydroxyl groups is 1. The minimum atomic E-state index is -4.08. The lowest BCUT2D eigenvalue weighted by Crippen LogP contribution is -2.57. The number of rotatable bonds is 12. The predicted octanol–water partition coefficient (Wildman–Crippen LogP) is 2.75. The molecule has 0 bridgehead atoms. The number of methoxy groups -OCH3 is 1. The fraction of sp³-hybridized carbons (Fsp3) is 0.519. The van der Waals surface area contributed by atoms with Crippen LogP contribution in [0, 0.1) is 0 Å². The Bertz CT molecular complexity index is 1120. The Morgan fingerprint density at radius 2 is 1.76 bits per heavy atom. The van der Waals surface area contributed by atoms with Gasteiger partial charge in [-0.05, 0) is 49.1 Å². The number of amides is 1. The van der Waals surface area contributed by atoms with Gasteiger partial charge in [-0.1, -0.05) is 43.2 Å². The van der Waals surface area contributed by atoms with E-state index in [1.807, 2.05) is 30.3 Å². The molecule has 2 aromatic rings. The minimum Gasteiger partial charge on any atom is -0.497 e. The van der Waals surface area contributed by atoms with Gasteiger partial charge in [-0.25, -0.2) is 13.2 Å². The standard InChI is InChI=1S/C27H36N2O8S/c1-34-20-11-13-23(14-12-20)38(32,33)29-26(36-21-9-5-6-10-21)25(30)24(17-19-7-3-2-4-8-19)28-27(31)37-22-15-16-35-18-22/h2-4,7-8,11-14,21-22,24-26,29-30H,5-6,9-10,15-18H2,1H3,(H,28,31)/t22?,24-,25+,26?/m0/s1. The highest BCUT2D eigenvalue weighted by Crippen LogP contribution is 2.25. The number of aliphatic hydroxyl groups excluding tert-OH is 1.